The highest BCUT2D eigenvalue weighted by atomic mass is 16.6. The molecule has 5 aromatic rings. The summed E-state index contributed by atoms with van der Waals surface area (Å²) >= 11 is 0. The molecule has 4 saturated carbocycles. The van der Waals surface area contributed by atoms with Gasteiger partial charge in [0.2, 0.25) is 0 Å². The zero-order valence-corrected chi connectivity index (χ0v) is 62.0. The van der Waals surface area contributed by atoms with Crippen molar-refractivity contribution in [1.82, 2.24) is 0 Å². The maximum atomic E-state index is 12.5. The van der Waals surface area contributed by atoms with Gasteiger partial charge in [0.05, 0.1) is 27.1 Å². The van der Waals surface area contributed by atoms with Crippen LogP contribution in [0.15, 0.2) is 140 Å². The maximum Gasteiger partial charge on any atom is 0.312 e. The van der Waals surface area contributed by atoms with Crippen LogP contribution in [0.2, 0.25) is 0 Å². The molecule has 0 atom stereocenters. The molecular weight excluding hydrogens is 1180 g/mol. The Bertz CT molecular complexity index is 3230. The molecule has 10 nitrogen and oxygen atoms in total. The van der Waals surface area contributed by atoms with E-state index in [4.69, 9.17) is 23.7 Å². The molecule has 4 fully saturated rings. The minimum atomic E-state index is -0.631. The minimum absolute atomic E-state index is 0.0641. The number of hydrogen-bond acceptors (Lipinski definition) is 10. The number of ether oxygens (including phenoxy) is 5. The van der Waals surface area contributed by atoms with Gasteiger partial charge in [-0.3, -0.25) is 24.0 Å². The van der Waals surface area contributed by atoms with Gasteiger partial charge < -0.3 is 23.7 Å². The third-order valence-electron chi connectivity index (χ3n) is 21.6. The molecule has 0 spiro atoms. The van der Waals surface area contributed by atoms with Crippen LogP contribution in [0.1, 0.15) is 287 Å². The predicted molar refractivity (Wildman–Crippen MR) is 388 cm³/mol. The van der Waals surface area contributed by atoms with E-state index < -0.39 is 38.5 Å². The van der Waals surface area contributed by atoms with Crippen LogP contribution in [0.3, 0.4) is 0 Å². The molecule has 0 saturated heterocycles. The van der Waals surface area contributed by atoms with Gasteiger partial charge in [-0.05, 0) is 270 Å². The molecule has 4 aliphatic carbocycles. The average molecular weight is 1300 g/mol. The number of carbonyl (C=O) groups is 5. The zero-order chi connectivity index (χ0) is 70.6. The zero-order valence-electron chi connectivity index (χ0n) is 62.0. The second-order valence-corrected chi connectivity index (χ2v) is 31.2. The van der Waals surface area contributed by atoms with Crippen LogP contribution in [0.4, 0.5) is 0 Å². The van der Waals surface area contributed by atoms with Crippen molar-refractivity contribution in [2.45, 2.75) is 294 Å². The van der Waals surface area contributed by atoms with Crippen molar-refractivity contribution >= 4 is 40.6 Å². The summed E-state index contributed by atoms with van der Waals surface area (Å²) in [4.78, 5) is 61.7. The van der Waals surface area contributed by atoms with Crippen molar-refractivity contribution in [1.29, 1.82) is 0 Å². The van der Waals surface area contributed by atoms with Gasteiger partial charge in [0.15, 0.2) is 0 Å². The SMILES string of the molecule is C=CC1(OC(=O)C(C)(C)CC)CCCC1.CCC(C)(C)C(=O)OC(C)(C)c1ccc2ccccc2c1.CCC(C)(C)C(=O)OC1(c2ccc(C)cc2)CCCC1.CCC(C)(C)C(=O)OC1(c2ccccc2)CCCC1.CCC(C)(C)C(=O)OC1(c2ccccc2)CCCCC1. The monoisotopic (exact) mass is 1300 g/mol. The number of esters is 5. The summed E-state index contributed by atoms with van der Waals surface area (Å²) in [7, 11) is 0. The van der Waals surface area contributed by atoms with E-state index in [1.807, 2.05) is 178 Å². The van der Waals surface area contributed by atoms with E-state index in [2.05, 4.69) is 86.3 Å². The van der Waals surface area contributed by atoms with E-state index in [0.29, 0.717) is 0 Å². The summed E-state index contributed by atoms with van der Waals surface area (Å²) in [5.74, 6) is -0.441. The van der Waals surface area contributed by atoms with Crippen molar-refractivity contribution < 1.29 is 47.7 Å². The molecule has 0 aromatic heterocycles. The second-order valence-electron chi connectivity index (χ2n) is 31.2. The van der Waals surface area contributed by atoms with Gasteiger partial charge in [-0.15, -0.1) is 0 Å². The fraction of sp³-hybridized carbons (Fsp3) is 0.588. The van der Waals surface area contributed by atoms with E-state index in [1.165, 1.54) is 17.4 Å². The summed E-state index contributed by atoms with van der Waals surface area (Å²) < 4.78 is 29.6. The van der Waals surface area contributed by atoms with Crippen LogP contribution in [0.5, 0.6) is 0 Å². The molecule has 5 aromatic carbocycles. The molecule has 0 N–H and O–H groups in total. The highest BCUT2D eigenvalue weighted by molar-refractivity contribution is 5.84. The van der Waals surface area contributed by atoms with E-state index >= 15 is 0 Å². The molecular formula is C85H122O10. The van der Waals surface area contributed by atoms with Crippen LogP contribution < -0.4 is 0 Å². The summed E-state index contributed by atoms with van der Waals surface area (Å²) in [5.41, 5.74) is 1.50. The van der Waals surface area contributed by atoms with Crippen LogP contribution >= 0.6 is 0 Å². The first-order valence-electron chi connectivity index (χ1n) is 36.1. The Morgan fingerprint density at radius 2 is 0.674 bits per heavy atom. The van der Waals surface area contributed by atoms with Gasteiger partial charge in [-0.25, -0.2) is 0 Å². The Morgan fingerprint density at radius 3 is 1.03 bits per heavy atom. The smallest absolute Gasteiger partial charge is 0.312 e. The van der Waals surface area contributed by atoms with E-state index in [0.717, 1.165) is 162 Å². The number of hydrogen-bond donors (Lipinski definition) is 0. The number of aryl methyl sites for hydroxylation is 1. The molecule has 522 valence electrons. The Balaban J connectivity index is 0.000000216. The van der Waals surface area contributed by atoms with Gasteiger partial charge in [-0.1, -0.05) is 175 Å². The first-order chi connectivity index (χ1) is 44.6. The maximum absolute atomic E-state index is 12.5. The van der Waals surface area contributed by atoms with Gasteiger partial charge >= 0.3 is 29.8 Å². The normalized spacial score (nSPS) is 17.2. The Hall–Kier alpha value is -6.55. The third kappa shape index (κ3) is 21.2. The standard InChI is InChI=1S/C19H24O2.2C18H26O2.C17H24O2.C13H22O2/c1-6-18(2,3)17(20)21-19(4,5)16-12-11-14-9-7-8-10-15(14)13-16;1-5-17(3,4)16(19)20-18(12-6-7-13-18)15-10-8-14(2)9-11-15;1-4-17(2,3)16(19)20-18(13-9-6-10-14-18)15-11-7-5-8-12-15;1-4-16(2,3)15(18)19-17(12-8-9-13-17)14-10-6-5-7-11-14;1-5-12(3,4)11(14)15-13(6-2)9-7-8-10-13/h7-13H,6H2,1-5H3;8-11H,5-7,12-13H2,1-4H3;5,7-8,11-12H,4,6,9-10,13-14H2,1-3H3;5-7,10-11H,4,8-9,12-13H2,1-3H3;6H,2,5,7-10H2,1,3-4H3. The summed E-state index contributed by atoms with van der Waals surface area (Å²) in [6.07, 6.45) is 23.6. The molecule has 4 aliphatic rings. The van der Waals surface area contributed by atoms with E-state index in [1.54, 1.807) is 0 Å². The first-order valence-corrected chi connectivity index (χ1v) is 36.1. The molecule has 95 heavy (non-hydrogen) atoms. The van der Waals surface area contributed by atoms with Gasteiger partial charge in [0.1, 0.15) is 28.0 Å². The fourth-order valence-electron chi connectivity index (χ4n) is 12.0. The Labute approximate surface area is 574 Å². The number of rotatable bonds is 20. The predicted octanol–water partition coefficient (Wildman–Crippen LogP) is 22.5. The van der Waals surface area contributed by atoms with Crippen LogP contribution in [-0.2, 0) is 70.1 Å². The molecule has 0 heterocycles. The molecule has 0 radical (unpaired) electrons. The molecule has 0 aliphatic heterocycles. The molecule has 0 unspecified atom stereocenters. The third-order valence-corrected chi connectivity index (χ3v) is 21.6. The topological polar surface area (TPSA) is 132 Å². The average Bonchev–Trinajstić information content (AvgIpc) is 1.79. The van der Waals surface area contributed by atoms with Gasteiger partial charge in [0, 0.05) is 0 Å². The molecule has 10 heteroatoms. The first kappa shape index (κ1) is 79.1. The lowest BCUT2D eigenvalue weighted by atomic mass is 9.79. The largest absolute Gasteiger partial charge is 0.454 e. The summed E-state index contributed by atoms with van der Waals surface area (Å²) in [6.45, 7) is 39.4. The quantitative estimate of drug-likeness (QED) is 0.0421. The van der Waals surface area contributed by atoms with Crippen molar-refractivity contribution in [3.8, 4) is 0 Å². The van der Waals surface area contributed by atoms with Crippen molar-refractivity contribution in [2.24, 2.45) is 27.1 Å². The van der Waals surface area contributed by atoms with E-state index in [-0.39, 0.29) is 46.5 Å². The Kier molecular flexibility index (Phi) is 28.4. The van der Waals surface area contributed by atoms with Gasteiger partial charge in [0.25, 0.3) is 0 Å². The molecule has 9 rings (SSSR count). The highest BCUT2D eigenvalue weighted by Gasteiger charge is 2.46. The number of fused-ring (bicyclic) bond motifs is 1. The summed E-state index contributed by atoms with van der Waals surface area (Å²) in [6, 6.07) is 43.3. The van der Waals surface area contributed by atoms with E-state index in [9.17, 15) is 24.0 Å². The van der Waals surface area contributed by atoms with Crippen LogP contribution in [0.25, 0.3) is 10.8 Å². The molecule has 0 bridgehead atoms. The van der Waals surface area contributed by atoms with Crippen molar-refractivity contribution in [3.63, 3.8) is 0 Å². The van der Waals surface area contributed by atoms with Gasteiger partial charge in [-0.2, -0.15) is 0 Å². The number of carbonyl (C=O) groups excluding carboxylic acids is 5. The van der Waals surface area contributed by atoms with Crippen molar-refractivity contribution in [3.05, 3.63) is 168 Å². The van der Waals surface area contributed by atoms with Crippen molar-refractivity contribution in [2.75, 3.05) is 0 Å². The lowest BCUT2D eigenvalue weighted by molar-refractivity contribution is -0.176. The lowest BCUT2D eigenvalue weighted by Crippen LogP contribution is -2.39. The fourth-order valence-corrected chi connectivity index (χ4v) is 12.0. The summed E-state index contributed by atoms with van der Waals surface area (Å²) in [5, 5.41) is 2.35. The Morgan fingerprint density at radius 1 is 0.368 bits per heavy atom. The lowest BCUT2D eigenvalue weighted by Gasteiger charge is -2.39. The number of benzene rings is 5. The second kappa shape index (κ2) is 34.1. The molecule has 0 amide bonds. The minimum Gasteiger partial charge on any atom is -0.454 e. The highest BCUT2D eigenvalue weighted by Crippen LogP contribution is 2.47. The van der Waals surface area contributed by atoms with Crippen LogP contribution in [0, 0.1) is 34.0 Å². The van der Waals surface area contributed by atoms with Crippen LogP contribution in [-0.4, -0.2) is 35.4 Å².